The van der Waals surface area contributed by atoms with E-state index in [1.54, 1.807) is 26.1 Å². The number of rotatable bonds is 5. The molecule has 2 aromatic rings. The van der Waals surface area contributed by atoms with Gasteiger partial charge >= 0.3 is 0 Å². The summed E-state index contributed by atoms with van der Waals surface area (Å²) in [5.74, 6) is 0.603. The number of ether oxygens (including phenoxy) is 1. The molecule has 5 nitrogen and oxygen atoms in total. The molecule has 21 heavy (non-hydrogen) atoms. The van der Waals surface area contributed by atoms with E-state index in [2.05, 4.69) is 10.3 Å². The van der Waals surface area contributed by atoms with E-state index in [9.17, 15) is 4.79 Å². The van der Waals surface area contributed by atoms with Crippen LogP contribution in [-0.2, 0) is 4.74 Å². The van der Waals surface area contributed by atoms with Gasteiger partial charge in [-0.3, -0.25) is 4.79 Å². The molecule has 0 aliphatic rings. The predicted octanol–water partition coefficient (Wildman–Crippen LogP) is 2.38. The molecule has 1 unspecified atom stereocenters. The van der Waals surface area contributed by atoms with Crippen molar-refractivity contribution in [2.24, 2.45) is 0 Å². The van der Waals surface area contributed by atoms with Gasteiger partial charge in [0.15, 0.2) is 0 Å². The summed E-state index contributed by atoms with van der Waals surface area (Å²) in [6.45, 7) is 2.44. The lowest BCUT2D eigenvalue weighted by molar-refractivity contribution is 0.0628. The number of hydrogen-bond acceptors (Lipinski definition) is 4. The van der Waals surface area contributed by atoms with Gasteiger partial charge in [0.05, 0.1) is 12.6 Å². The first-order valence-electron chi connectivity index (χ1n) is 6.92. The number of anilines is 1. The molecule has 0 bridgehead atoms. The first-order valence-corrected chi connectivity index (χ1v) is 6.92. The Kier molecular flexibility index (Phi) is 4.75. The minimum absolute atomic E-state index is 0.00574. The van der Waals surface area contributed by atoms with Crippen LogP contribution in [0.5, 0.6) is 0 Å². The Balaban J connectivity index is 2.40. The number of carbonyl (C=O) groups excluding carboxylic acids is 1. The summed E-state index contributed by atoms with van der Waals surface area (Å²) < 4.78 is 5.10. The molecular formula is C16H21N3O2. The van der Waals surface area contributed by atoms with Crippen LogP contribution in [0.15, 0.2) is 30.3 Å². The second-order valence-electron chi connectivity index (χ2n) is 5.05. The van der Waals surface area contributed by atoms with Crippen molar-refractivity contribution in [2.75, 3.05) is 33.1 Å². The van der Waals surface area contributed by atoms with Gasteiger partial charge < -0.3 is 15.0 Å². The number of nitrogens with one attached hydrogen (secondary N) is 1. The summed E-state index contributed by atoms with van der Waals surface area (Å²) in [5.41, 5.74) is 0.434. The fourth-order valence-corrected chi connectivity index (χ4v) is 2.23. The summed E-state index contributed by atoms with van der Waals surface area (Å²) in [5, 5.41) is 5.05. The molecule has 1 amide bonds. The van der Waals surface area contributed by atoms with E-state index in [4.69, 9.17) is 4.74 Å². The molecule has 1 atom stereocenters. The quantitative estimate of drug-likeness (QED) is 0.917. The number of amides is 1. The Bertz CT molecular complexity index is 642. The van der Waals surface area contributed by atoms with E-state index in [-0.39, 0.29) is 11.9 Å². The minimum Gasteiger partial charge on any atom is -0.383 e. The van der Waals surface area contributed by atoms with Crippen LogP contribution in [0.4, 0.5) is 5.82 Å². The second kappa shape index (κ2) is 6.54. The first-order chi connectivity index (χ1) is 10.1. The van der Waals surface area contributed by atoms with Gasteiger partial charge in [-0.25, -0.2) is 4.98 Å². The molecule has 0 saturated carbocycles. The average Bonchev–Trinajstić information content (AvgIpc) is 2.52. The monoisotopic (exact) mass is 287 g/mol. The first kappa shape index (κ1) is 15.3. The zero-order valence-electron chi connectivity index (χ0n) is 12.9. The van der Waals surface area contributed by atoms with E-state index in [0.717, 1.165) is 10.8 Å². The van der Waals surface area contributed by atoms with E-state index >= 15 is 0 Å². The number of pyridine rings is 1. The lowest BCUT2D eigenvalue weighted by Crippen LogP contribution is -2.38. The summed E-state index contributed by atoms with van der Waals surface area (Å²) in [6, 6.07) is 9.70. The third kappa shape index (κ3) is 3.13. The van der Waals surface area contributed by atoms with Gasteiger partial charge in [0.2, 0.25) is 0 Å². The average molecular weight is 287 g/mol. The van der Waals surface area contributed by atoms with Gasteiger partial charge in [-0.1, -0.05) is 24.3 Å². The summed E-state index contributed by atoms with van der Waals surface area (Å²) in [6.07, 6.45) is 0. The summed E-state index contributed by atoms with van der Waals surface area (Å²) >= 11 is 0. The molecule has 0 radical (unpaired) electrons. The van der Waals surface area contributed by atoms with Crippen LogP contribution in [0.2, 0.25) is 0 Å². The highest BCUT2D eigenvalue weighted by Gasteiger charge is 2.19. The lowest BCUT2D eigenvalue weighted by Gasteiger charge is -2.24. The van der Waals surface area contributed by atoms with Crippen molar-refractivity contribution in [1.82, 2.24) is 9.88 Å². The molecule has 5 heteroatoms. The van der Waals surface area contributed by atoms with Gasteiger partial charge in [-0.2, -0.15) is 0 Å². The third-order valence-electron chi connectivity index (χ3n) is 3.59. The Hall–Kier alpha value is -2.14. The van der Waals surface area contributed by atoms with Gasteiger partial charge in [-0.15, -0.1) is 0 Å². The smallest absolute Gasteiger partial charge is 0.272 e. The van der Waals surface area contributed by atoms with Crippen LogP contribution in [0.25, 0.3) is 10.8 Å². The lowest BCUT2D eigenvalue weighted by atomic mass is 10.1. The number of fused-ring (bicyclic) bond motifs is 1. The maximum absolute atomic E-state index is 12.6. The van der Waals surface area contributed by atoms with Crippen molar-refractivity contribution in [2.45, 2.75) is 13.0 Å². The van der Waals surface area contributed by atoms with Crippen LogP contribution in [0.1, 0.15) is 17.4 Å². The van der Waals surface area contributed by atoms with Crippen molar-refractivity contribution in [3.05, 3.63) is 36.0 Å². The molecule has 1 N–H and O–H groups in total. The Labute approximate surface area is 124 Å². The number of hydrogen-bond donors (Lipinski definition) is 1. The van der Waals surface area contributed by atoms with Crippen molar-refractivity contribution in [3.8, 4) is 0 Å². The van der Waals surface area contributed by atoms with Gasteiger partial charge in [0, 0.05) is 26.6 Å². The Morgan fingerprint density at radius 2 is 2.14 bits per heavy atom. The van der Waals surface area contributed by atoms with Crippen LogP contribution < -0.4 is 5.32 Å². The number of carbonyl (C=O) groups is 1. The molecule has 2 rings (SSSR count). The van der Waals surface area contributed by atoms with Crippen LogP contribution >= 0.6 is 0 Å². The number of nitrogens with zero attached hydrogens (tertiary/aromatic N) is 2. The SMILES string of the molecule is CNc1nc(C(=O)N(C)C(C)COC)cc2ccccc12. The molecule has 0 saturated heterocycles. The molecule has 1 aromatic heterocycles. The van der Waals surface area contributed by atoms with E-state index in [1.807, 2.05) is 37.3 Å². The van der Waals surface area contributed by atoms with Gasteiger partial charge in [-0.05, 0) is 18.4 Å². The van der Waals surface area contributed by atoms with E-state index in [0.29, 0.717) is 18.1 Å². The van der Waals surface area contributed by atoms with Crippen LogP contribution in [0, 0.1) is 0 Å². The maximum atomic E-state index is 12.6. The molecule has 0 aliphatic carbocycles. The fourth-order valence-electron chi connectivity index (χ4n) is 2.23. The molecule has 0 spiro atoms. The molecule has 112 valence electrons. The Morgan fingerprint density at radius 3 is 2.81 bits per heavy atom. The number of aromatic nitrogens is 1. The highest BCUT2D eigenvalue weighted by Crippen LogP contribution is 2.22. The van der Waals surface area contributed by atoms with Gasteiger partial charge in [0.25, 0.3) is 5.91 Å². The van der Waals surface area contributed by atoms with Crippen molar-refractivity contribution in [1.29, 1.82) is 0 Å². The van der Waals surface area contributed by atoms with Crippen molar-refractivity contribution >= 4 is 22.5 Å². The van der Waals surface area contributed by atoms with Crippen molar-refractivity contribution < 1.29 is 9.53 Å². The predicted molar refractivity (Wildman–Crippen MR) is 84.7 cm³/mol. The van der Waals surface area contributed by atoms with E-state index in [1.165, 1.54) is 0 Å². The van der Waals surface area contributed by atoms with Crippen molar-refractivity contribution in [3.63, 3.8) is 0 Å². The maximum Gasteiger partial charge on any atom is 0.272 e. The normalized spacial score (nSPS) is 12.2. The molecular weight excluding hydrogens is 266 g/mol. The zero-order chi connectivity index (χ0) is 15.4. The van der Waals surface area contributed by atoms with Gasteiger partial charge in [0.1, 0.15) is 11.5 Å². The Morgan fingerprint density at radius 1 is 1.43 bits per heavy atom. The zero-order valence-corrected chi connectivity index (χ0v) is 12.9. The molecule has 0 fully saturated rings. The van der Waals surface area contributed by atoms with Crippen LogP contribution in [0.3, 0.4) is 0 Å². The topological polar surface area (TPSA) is 54.5 Å². The summed E-state index contributed by atoms with van der Waals surface area (Å²) in [4.78, 5) is 18.6. The van der Waals surface area contributed by atoms with E-state index < -0.39 is 0 Å². The largest absolute Gasteiger partial charge is 0.383 e. The number of benzene rings is 1. The van der Waals surface area contributed by atoms with Crippen LogP contribution in [-0.4, -0.2) is 49.6 Å². The number of methoxy groups -OCH3 is 1. The standard InChI is InChI=1S/C16H21N3O2/c1-11(10-21-4)19(3)16(20)14-9-12-7-5-6-8-13(12)15(17-2)18-14/h5-9,11H,10H2,1-4H3,(H,17,18). The number of likely N-dealkylation sites (N-methyl/N-ethyl adjacent to an activating group) is 1. The third-order valence-corrected chi connectivity index (χ3v) is 3.59. The second-order valence-corrected chi connectivity index (χ2v) is 5.05. The highest BCUT2D eigenvalue weighted by molar-refractivity contribution is 6.00. The minimum atomic E-state index is -0.109. The highest BCUT2D eigenvalue weighted by atomic mass is 16.5. The molecule has 0 aliphatic heterocycles. The molecule has 1 heterocycles. The fraction of sp³-hybridized carbons (Fsp3) is 0.375. The molecule has 1 aromatic carbocycles. The summed E-state index contributed by atoms with van der Waals surface area (Å²) in [7, 11) is 5.20.